The van der Waals surface area contributed by atoms with E-state index >= 15 is 0 Å². The Morgan fingerprint density at radius 3 is 2.94 bits per heavy atom. The van der Waals surface area contributed by atoms with Crippen LogP contribution in [0.4, 0.5) is 0 Å². The van der Waals surface area contributed by atoms with Crippen LogP contribution in [0.5, 0.6) is 0 Å². The van der Waals surface area contributed by atoms with Gasteiger partial charge in [0.25, 0.3) is 0 Å². The lowest BCUT2D eigenvalue weighted by atomic mass is 9.71. The third-order valence-corrected chi connectivity index (χ3v) is 5.72. The largest absolute Gasteiger partial charge is 0.368 e. The quantitative estimate of drug-likeness (QED) is 0.646. The van der Waals surface area contributed by atoms with Gasteiger partial charge in [-0.05, 0) is 50.1 Å². The molecule has 3 fully saturated rings. The normalized spacial score (nSPS) is 43.6. The van der Waals surface area contributed by atoms with Crippen molar-refractivity contribution in [2.45, 2.75) is 44.2 Å². The second-order valence-electron chi connectivity index (χ2n) is 6.66. The zero-order valence-electron chi connectivity index (χ0n) is 11.2. The van der Waals surface area contributed by atoms with E-state index in [0.29, 0.717) is 0 Å². The van der Waals surface area contributed by atoms with E-state index in [1.54, 1.807) is 0 Å². The van der Waals surface area contributed by atoms with Crippen LogP contribution in [0.25, 0.3) is 0 Å². The fourth-order valence-corrected chi connectivity index (χ4v) is 4.91. The Labute approximate surface area is 110 Å². The highest BCUT2D eigenvalue weighted by atomic mass is 15.3. The van der Waals surface area contributed by atoms with Gasteiger partial charge in [0.15, 0.2) is 0 Å². The Hall–Kier alpha value is -0.760. The fraction of sp³-hybridized carbons (Fsp3) is 0.750. The highest BCUT2D eigenvalue weighted by molar-refractivity contribution is 5.22. The molecule has 0 radical (unpaired) electrons. The average Bonchev–Trinajstić information content (AvgIpc) is 2.40. The van der Waals surface area contributed by atoms with E-state index in [1.165, 1.54) is 57.4 Å². The molecule has 2 bridgehead atoms. The summed E-state index contributed by atoms with van der Waals surface area (Å²) in [6.45, 7) is 8.24. The van der Waals surface area contributed by atoms with Crippen molar-refractivity contribution >= 4 is 0 Å². The van der Waals surface area contributed by atoms with E-state index in [0.717, 1.165) is 23.9 Å². The molecule has 0 spiro atoms. The van der Waals surface area contributed by atoms with Gasteiger partial charge in [-0.2, -0.15) is 0 Å². The van der Waals surface area contributed by atoms with Crippen molar-refractivity contribution < 1.29 is 0 Å². The van der Waals surface area contributed by atoms with Crippen molar-refractivity contribution in [2.75, 3.05) is 19.6 Å². The van der Waals surface area contributed by atoms with Crippen molar-refractivity contribution in [2.24, 2.45) is 11.8 Å². The van der Waals surface area contributed by atoms with Gasteiger partial charge in [0, 0.05) is 30.9 Å². The molecule has 0 aliphatic carbocycles. The first-order valence-corrected chi connectivity index (χ1v) is 7.69. The van der Waals surface area contributed by atoms with Crippen LogP contribution in [-0.2, 0) is 0 Å². The second kappa shape index (κ2) is 4.12. The van der Waals surface area contributed by atoms with Crippen LogP contribution in [0, 0.1) is 11.8 Å². The van der Waals surface area contributed by atoms with Crippen molar-refractivity contribution in [1.82, 2.24) is 9.80 Å². The third kappa shape index (κ3) is 1.58. The summed E-state index contributed by atoms with van der Waals surface area (Å²) < 4.78 is 0. The molecule has 4 aliphatic rings. The van der Waals surface area contributed by atoms with E-state index in [9.17, 15) is 0 Å². The molecule has 4 unspecified atom stereocenters. The molecule has 0 aromatic rings. The van der Waals surface area contributed by atoms with Gasteiger partial charge in [0.1, 0.15) is 0 Å². The molecule has 0 aromatic carbocycles. The molecule has 4 atom stereocenters. The van der Waals surface area contributed by atoms with Crippen LogP contribution in [0.1, 0.15) is 32.1 Å². The minimum absolute atomic E-state index is 0.752. The van der Waals surface area contributed by atoms with Crippen molar-refractivity contribution in [1.29, 1.82) is 0 Å². The summed E-state index contributed by atoms with van der Waals surface area (Å²) in [5.41, 5.74) is 1.27. The van der Waals surface area contributed by atoms with Crippen LogP contribution in [0.3, 0.4) is 0 Å². The number of piperidine rings is 3. The Bertz CT molecular complexity index is 387. The van der Waals surface area contributed by atoms with Crippen LogP contribution in [0.15, 0.2) is 24.4 Å². The molecule has 0 amide bonds. The number of allylic oxidation sites excluding steroid dienone is 1. The van der Waals surface area contributed by atoms with Gasteiger partial charge >= 0.3 is 0 Å². The van der Waals surface area contributed by atoms with Crippen LogP contribution in [-0.4, -0.2) is 41.5 Å². The van der Waals surface area contributed by atoms with E-state index in [1.807, 2.05) is 0 Å². The molecular formula is C16H24N2. The summed E-state index contributed by atoms with van der Waals surface area (Å²) in [5, 5.41) is 0. The Morgan fingerprint density at radius 2 is 2.00 bits per heavy atom. The highest BCUT2D eigenvalue weighted by Gasteiger charge is 2.46. The Kier molecular flexibility index (Phi) is 2.54. The second-order valence-corrected chi connectivity index (χ2v) is 6.66. The lowest BCUT2D eigenvalue weighted by Gasteiger charge is -2.57. The van der Waals surface area contributed by atoms with Crippen LogP contribution < -0.4 is 0 Å². The number of fused-ring (bicyclic) bond motifs is 6. The number of nitrogens with zero attached hydrogens (tertiary/aromatic N) is 2. The minimum Gasteiger partial charge on any atom is -0.368 e. The number of rotatable bonds is 0. The number of hydrogen-bond acceptors (Lipinski definition) is 2. The highest BCUT2D eigenvalue weighted by Crippen LogP contribution is 2.43. The molecule has 3 saturated heterocycles. The molecule has 98 valence electrons. The van der Waals surface area contributed by atoms with Gasteiger partial charge in [-0.15, -0.1) is 0 Å². The van der Waals surface area contributed by atoms with Gasteiger partial charge in [-0.25, -0.2) is 0 Å². The minimum atomic E-state index is 0.752. The predicted octanol–water partition coefficient (Wildman–Crippen LogP) is 2.63. The molecule has 2 heteroatoms. The summed E-state index contributed by atoms with van der Waals surface area (Å²) in [6, 6.07) is 1.64. The maximum atomic E-state index is 4.26. The van der Waals surface area contributed by atoms with Crippen molar-refractivity contribution in [3.63, 3.8) is 0 Å². The predicted molar refractivity (Wildman–Crippen MR) is 74.2 cm³/mol. The molecular weight excluding hydrogens is 220 g/mol. The van der Waals surface area contributed by atoms with Gasteiger partial charge in [0.05, 0.1) is 0 Å². The van der Waals surface area contributed by atoms with Gasteiger partial charge in [-0.1, -0.05) is 19.1 Å². The van der Waals surface area contributed by atoms with Gasteiger partial charge in [-0.3, -0.25) is 4.90 Å². The van der Waals surface area contributed by atoms with Crippen LogP contribution >= 0.6 is 0 Å². The topological polar surface area (TPSA) is 6.48 Å². The maximum Gasteiger partial charge on any atom is 0.0364 e. The summed E-state index contributed by atoms with van der Waals surface area (Å²) >= 11 is 0. The lowest BCUT2D eigenvalue weighted by molar-refractivity contribution is -0.0491. The molecule has 4 rings (SSSR count). The van der Waals surface area contributed by atoms with E-state index in [2.05, 4.69) is 28.5 Å². The fourth-order valence-electron chi connectivity index (χ4n) is 4.91. The molecule has 4 heterocycles. The molecule has 0 N–H and O–H groups in total. The first kappa shape index (κ1) is 11.1. The van der Waals surface area contributed by atoms with E-state index in [-0.39, 0.29) is 0 Å². The first-order chi connectivity index (χ1) is 8.83. The third-order valence-electron chi connectivity index (χ3n) is 5.72. The molecule has 4 aliphatic heterocycles. The van der Waals surface area contributed by atoms with Crippen molar-refractivity contribution in [3.8, 4) is 0 Å². The summed E-state index contributed by atoms with van der Waals surface area (Å²) in [5.74, 6) is 1.79. The molecule has 2 nitrogen and oxygen atoms in total. The maximum absolute atomic E-state index is 4.26. The average molecular weight is 244 g/mol. The van der Waals surface area contributed by atoms with Gasteiger partial charge in [0.2, 0.25) is 0 Å². The van der Waals surface area contributed by atoms with Crippen molar-refractivity contribution in [3.05, 3.63) is 24.4 Å². The smallest absolute Gasteiger partial charge is 0.0364 e. The lowest BCUT2D eigenvalue weighted by Crippen LogP contribution is -2.62. The van der Waals surface area contributed by atoms with E-state index in [4.69, 9.17) is 0 Å². The zero-order chi connectivity index (χ0) is 12.1. The SMILES string of the molecule is C=C1C=CCC2C3CC(CN12)C1CCCCN1C3. The summed E-state index contributed by atoms with van der Waals surface area (Å²) in [7, 11) is 0. The Morgan fingerprint density at radius 1 is 1.11 bits per heavy atom. The first-order valence-electron chi connectivity index (χ1n) is 7.69. The number of hydrogen-bond donors (Lipinski definition) is 0. The molecule has 0 aromatic heterocycles. The van der Waals surface area contributed by atoms with E-state index < -0.39 is 0 Å². The molecule has 0 saturated carbocycles. The van der Waals surface area contributed by atoms with Gasteiger partial charge < -0.3 is 4.90 Å². The molecule has 18 heavy (non-hydrogen) atoms. The standard InChI is InChI=1S/C16H24N2/c1-12-5-4-7-16-13-9-14(11-18(12)16)15-6-2-3-8-17(15)10-13/h4-5,13-16H,1-3,6-11H2. The summed E-state index contributed by atoms with van der Waals surface area (Å²) in [6.07, 6.45) is 11.6. The van der Waals surface area contributed by atoms with Crippen LogP contribution in [0.2, 0.25) is 0 Å². The summed E-state index contributed by atoms with van der Waals surface area (Å²) in [4.78, 5) is 5.45. The Balaban J connectivity index is 1.62. The zero-order valence-corrected chi connectivity index (χ0v) is 11.2. The monoisotopic (exact) mass is 244 g/mol.